The molecule has 1 saturated heterocycles. The smallest absolute Gasteiger partial charge is 0.304 e. The van der Waals surface area contributed by atoms with Crippen LogP contribution in [0.1, 0.15) is 57.4 Å². The number of hydrogen-bond acceptors (Lipinski definition) is 3. The number of benzene rings is 1. The second-order valence-corrected chi connectivity index (χ2v) is 9.19. The summed E-state index contributed by atoms with van der Waals surface area (Å²) in [6.45, 7) is 5.14. The Morgan fingerprint density at radius 2 is 1.96 bits per heavy atom. The third-order valence-electron chi connectivity index (χ3n) is 7.19. The Morgan fingerprint density at radius 1 is 1.25 bits per heavy atom. The number of rotatable bonds is 8. The summed E-state index contributed by atoms with van der Waals surface area (Å²) in [5, 5.41) is 12.8. The number of nitrogens with zero attached hydrogens (tertiary/aromatic N) is 1. The summed E-state index contributed by atoms with van der Waals surface area (Å²) in [6.07, 6.45) is 10.2. The van der Waals surface area contributed by atoms with Crippen molar-refractivity contribution in [1.29, 1.82) is 0 Å². The number of likely N-dealkylation sites (tertiary alicyclic amines) is 1. The lowest BCUT2D eigenvalue weighted by Gasteiger charge is -2.52. The van der Waals surface area contributed by atoms with Gasteiger partial charge in [-0.2, -0.15) is 0 Å². The van der Waals surface area contributed by atoms with Crippen LogP contribution in [0.25, 0.3) is 6.08 Å². The van der Waals surface area contributed by atoms with Crippen LogP contribution >= 0.6 is 0 Å². The number of aliphatic carboxylic acids is 1. The summed E-state index contributed by atoms with van der Waals surface area (Å²) < 4.78 is 0. The van der Waals surface area contributed by atoms with E-state index in [4.69, 9.17) is 5.11 Å². The molecule has 3 fully saturated rings. The van der Waals surface area contributed by atoms with Crippen LogP contribution in [0.4, 0.5) is 0 Å². The molecule has 4 nitrogen and oxygen atoms in total. The van der Waals surface area contributed by atoms with E-state index in [0.717, 1.165) is 25.4 Å². The lowest BCUT2D eigenvalue weighted by atomic mass is 9.60. The molecular formula is C24H34N2O2. The van der Waals surface area contributed by atoms with Gasteiger partial charge in [0.25, 0.3) is 0 Å². The van der Waals surface area contributed by atoms with Crippen LogP contribution in [0.5, 0.6) is 0 Å². The number of carboxylic acids is 1. The van der Waals surface area contributed by atoms with Gasteiger partial charge in [0.1, 0.15) is 0 Å². The summed E-state index contributed by atoms with van der Waals surface area (Å²) in [6, 6.07) is 12.1. The molecule has 0 aromatic heterocycles. The first-order valence-electron chi connectivity index (χ1n) is 11.0. The molecule has 1 aromatic rings. The number of carboxylic acid groups (broad SMARTS) is 1. The Hall–Kier alpha value is -1.65. The van der Waals surface area contributed by atoms with Gasteiger partial charge in [0, 0.05) is 18.6 Å². The first-order valence-corrected chi connectivity index (χ1v) is 11.0. The molecule has 2 N–H and O–H groups in total. The average molecular weight is 383 g/mol. The summed E-state index contributed by atoms with van der Waals surface area (Å²) in [5.74, 6) is 0.0413. The zero-order chi connectivity index (χ0) is 19.6. The Bertz CT molecular complexity index is 699. The molecule has 152 valence electrons. The van der Waals surface area contributed by atoms with Gasteiger partial charge in [0.2, 0.25) is 0 Å². The number of carbonyl (C=O) groups is 1. The minimum atomic E-state index is -0.681. The second kappa shape index (κ2) is 8.38. The topological polar surface area (TPSA) is 52.6 Å². The van der Waals surface area contributed by atoms with Gasteiger partial charge < -0.3 is 15.3 Å². The molecule has 2 atom stereocenters. The maximum absolute atomic E-state index is 10.7. The molecule has 4 heteroatoms. The normalized spacial score (nSPS) is 27.5. The average Bonchev–Trinajstić information content (AvgIpc) is 3.44. The Labute approximate surface area is 169 Å². The van der Waals surface area contributed by atoms with Crippen LogP contribution in [0.15, 0.2) is 35.9 Å². The predicted octanol–water partition coefficient (Wildman–Crippen LogP) is 4.18. The summed E-state index contributed by atoms with van der Waals surface area (Å²) in [7, 11) is 0. The molecule has 28 heavy (non-hydrogen) atoms. The lowest BCUT2D eigenvalue weighted by Crippen LogP contribution is -2.54. The standard InChI is InChI=1S/C24H34N2O2/c1-2-19(14-18-6-4-3-5-7-18)21-15-22(21)25-20-16-24(17-20)9-12-26(13-10-24)11-8-23(27)28/h3-7,14,20-22,25H,2,8-13,15-17H2,1H3,(H,27,28). The van der Waals surface area contributed by atoms with E-state index in [1.165, 1.54) is 37.7 Å². The van der Waals surface area contributed by atoms with E-state index >= 15 is 0 Å². The molecular weight excluding hydrogens is 348 g/mol. The third-order valence-corrected chi connectivity index (χ3v) is 7.19. The maximum Gasteiger partial charge on any atom is 0.304 e. The van der Waals surface area contributed by atoms with E-state index in [1.807, 2.05) is 0 Å². The van der Waals surface area contributed by atoms with Crippen molar-refractivity contribution < 1.29 is 9.90 Å². The van der Waals surface area contributed by atoms with Crippen molar-refractivity contribution in [3.63, 3.8) is 0 Å². The van der Waals surface area contributed by atoms with Crippen LogP contribution in [0.3, 0.4) is 0 Å². The summed E-state index contributed by atoms with van der Waals surface area (Å²) >= 11 is 0. The van der Waals surface area contributed by atoms with E-state index in [1.54, 1.807) is 5.57 Å². The molecule has 1 aliphatic heterocycles. The lowest BCUT2D eigenvalue weighted by molar-refractivity contribution is -0.137. The first-order chi connectivity index (χ1) is 13.6. The zero-order valence-corrected chi connectivity index (χ0v) is 17.1. The number of hydrogen-bond donors (Lipinski definition) is 2. The SMILES string of the molecule is CCC(=Cc1ccccc1)C1CC1NC1CC2(CCN(CCC(=O)O)CC2)C1. The van der Waals surface area contributed by atoms with E-state index in [0.29, 0.717) is 24.0 Å². The fourth-order valence-electron chi connectivity index (χ4n) is 5.34. The van der Waals surface area contributed by atoms with Gasteiger partial charge in [-0.25, -0.2) is 0 Å². The molecule has 3 aliphatic rings. The van der Waals surface area contributed by atoms with Crippen molar-refractivity contribution in [3.8, 4) is 0 Å². The van der Waals surface area contributed by atoms with Crippen LogP contribution in [-0.4, -0.2) is 47.7 Å². The highest BCUT2D eigenvalue weighted by molar-refractivity contribution is 5.66. The van der Waals surface area contributed by atoms with Crippen LogP contribution in [0, 0.1) is 11.3 Å². The maximum atomic E-state index is 10.7. The minimum Gasteiger partial charge on any atom is -0.481 e. The van der Waals surface area contributed by atoms with Crippen LogP contribution in [-0.2, 0) is 4.79 Å². The Balaban J connectivity index is 1.20. The quantitative estimate of drug-likeness (QED) is 0.708. The first kappa shape index (κ1) is 19.7. The van der Waals surface area contributed by atoms with E-state index in [-0.39, 0.29) is 6.42 Å². The molecule has 1 aromatic carbocycles. The largest absolute Gasteiger partial charge is 0.481 e. The molecule has 2 unspecified atom stereocenters. The Kier molecular flexibility index (Phi) is 5.88. The number of nitrogens with one attached hydrogen (secondary N) is 1. The summed E-state index contributed by atoms with van der Waals surface area (Å²) in [4.78, 5) is 13.1. The highest BCUT2D eigenvalue weighted by atomic mass is 16.4. The second-order valence-electron chi connectivity index (χ2n) is 9.19. The highest BCUT2D eigenvalue weighted by Crippen LogP contribution is 2.51. The zero-order valence-electron chi connectivity index (χ0n) is 17.1. The highest BCUT2D eigenvalue weighted by Gasteiger charge is 2.49. The van der Waals surface area contributed by atoms with Gasteiger partial charge in [0.15, 0.2) is 0 Å². The van der Waals surface area contributed by atoms with Gasteiger partial charge in [-0.1, -0.05) is 48.9 Å². The predicted molar refractivity (Wildman–Crippen MR) is 113 cm³/mol. The van der Waals surface area contributed by atoms with Crippen molar-refractivity contribution in [2.75, 3.05) is 19.6 Å². The van der Waals surface area contributed by atoms with E-state index in [2.05, 4.69) is 53.5 Å². The van der Waals surface area contributed by atoms with Gasteiger partial charge in [-0.15, -0.1) is 0 Å². The van der Waals surface area contributed by atoms with Gasteiger partial charge in [-0.05, 0) is 68.5 Å². The molecule has 0 amide bonds. The summed E-state index contributed by atoms with van der Waals surface area (Å²) in [5.41, 5.74) is 3.45. The van der Waals surface area contributed by atoms with Crippen molar-refractivity contribution in [2.24, 2.45) is 11.3 Å². The van der Waals surface area contributed by atoms with Crippen molar-refractivity contribution in [2.45, 2.75) is 64.0 Å². The minimum absolute atomic E-state index is 0.274. The Morgan fingerprint density at radius 3 is 2.61 bits per heavy atom. The van der Waals surface area contributed by atoms with Crippen LogP contribution in [0.2, 0.25) is 0 Å². The van der Waals surface area contributed by atoms with Gasteiger partial charge >= 0.3 is 5.97 Å². The molecule has 2 aliphatic carbocycles. The molecule has 2 saturated carbocycles. The van der Waals surface area contributed by atoms with E-state index < -0.39 is 5.97 Å². The van der Waals surface area contributed by atoms with Gasteiger partial charge in [-0.3, -0.25) is 4.79 Å². The molecule has 0 radical (unpaired) electrons. The molecule has 0 bridgehead atoms. The fourth-order valence-corrected chi connectivity index (χ4v) is 5.34. The monoisotopic (exact) mass is 382 g/mol. The molecule has 4 rings (SSSR count). The van der Waals surface area contributed by atoms with Crippen molar-refractivity contribution in [3.05, 3.63) is 41.5 Å². The van der Waals surface area contributed by atoms with Crippen molar-refractivity contribution in [1.82, 2.24) is 10.2 Å². The van der Waals surface area contributed by atoms with Crippen molar-refractivity contribution >= 4 is 12.0 Å². The van der Waals surface area contributed by atoms with Crippen LogP contribution < -0.4 is 5.32 Å². The third kappa shape index (κ3) is 4.66. The molecule has 1 spiro atoms. The fraction of sp³-hybridized carbons (Fsp3) is 0.625. The number of piperidine rings is 1. The molecule has 1 heterocycles. The van der Waals surface area contributed by atoms with E-state index in [9.17, 15) is 4.79 Å². The van der Waals surface area contributed by atoms with Gasteiger partial charge in [0.05, 0.1) is 6.42 Å².